The number of aromatic nitrogens is 4. The Hall–Kier alpha value is -3.71. The highest BCUT2D eigenvalue weighted by atomic mass is 35.5. The summed E-state index contributed by atoms with van der Waals surface area (Å²) in [4.78, 5) is 25.6. The summed E-state index contributed by atoms with van der Waals surface area (Å²) in [6.45, 7) is 5.59. The lowest BCUT2D eigenvalue weighted by Gasteiger charge is -2.14. The topological polar surface area (TPSA) is 81.8 Å². The number of nitrogens with one attached hydrogen (secondary N) is 1. The highest BCUT2D eigenvalue weighted by Crippen LogP contribution is 2.22. The van der Waals surface area contributed by atoms with Crippen molar-refractivity contribution in [2.45, 2.75) is 20.8 Å². The first-order valence-corrected chi connectivity index (χ1v) is 10.0. The van der Waals surface area contributed by atoms with Crippen molar-refractivity contribution in [3.8, 4) is 11.4 Å². The van der Waals surface area contributed by atoms with Gasteiger partial charge in [-0.2, -0.15) is 10.2 Å². The van der Waals surface area contributed by atoms with Crippen LogP contribution in [0.3, 0.4) is 0 Å². The molecular formula is C23H20ClN5O2. The fourth-order valence-corrected chi connectivity index (χ4v) is 3.49. The third-order valence-corrected chi connectivity index (χ3v) is 5.04. The van der Waals surface area contributed by atoms with Crippen molar-refractivity contribution in [2.75, 3.05) is 5.32 Å². The van der Waals surface area contributed by atoms with Gasteiger partial charge in [-0.25, -0.2) is 9.36 Å². The average molecular weight is 434 g/mol. The maximum Gasteiger partial charge on any atom is 0.280 e. The van der Waals surface area contributed by atoms with E-state index in [4.69, 9.17) is 11.6 Å². The van der Waals surface area contributed by atoms with Gasteiger partial charge in [0.1, 0.15) is 0 Å². The molecular weight excluding hydrogens is 414 g/mol. The fraction of sp³-hybridized carbons (Fsp3) is 0.130. The van der Waals surface area contributed by atoms with Crippen LogP contribution >= 0.6 is 11.6 Å². The van der Waals surface area contributed by atoms with Gasteiger partial charge >= 0.3 is 0 Å². The fourth-order valence-electron chi connectivity index (χ4n) is 3.37. The van der Waals surface area contributed by atoms with Gasteiger partial charge in [0.25, 0.3) is 5.91 Å². The number of carbonyl (C=O) groups is 1. The summed E-state index contributed by atoms with van der Waals surface area (Å²) in [6.07, 6.45) is 0. The van der Waals surface area contributed by atoms with E-state index in [-0.39, 0.29) is 5.69 Å². The summed E-state index contributed by atoms with van der Waals surface area (Å²) in [5.74, 6) is -0.596. The van der Waals surface area contributed by atoms with E-state index < -0.39 is 11.3 Å². The second kappa shape index (κ2) is 8.20. The van der Waals surface area contributed by atoms with Crippen LogP contribution in [0.1, 0.15) is 27.6 Å². The highest BCUT2D eigenvalue weighted by molar-refractivity contribution is 6.30. The number of rotatable bonds is 4. The number of benzene rings is 2. The van der Waals surface area contributed by atoms with Crippen molar-refractivity contribution < 1.29 is 4.79 Å². The van der Waals surface area contributed by atoms with Crippen molar-refractivity contribution in [3.05, 3.63) is 98.7 Å². The van der Waals surface area contributed by atoms with E-state index in [2.05, 4.69) is 15.5 Å². The van der Waals surface area contributed by atoms with Gasteiger partial charge in [-0.3, -0.25) is 9.59 Å². The maximum absolute atomic E-state index is 13.0. The zero-order chi connectivity index (χ0) is 22.1. The first kappa shape index (κ1) is 20.6. The third-order valence-electron chi connectivity index (χ3n) is 4.78. The lowest BCUT2D eigenvalue weighted by molar-refractivity contribution is 0.101. The summed E-state index contributed by atoms with van der Waals surface area (Å²) < 4.78 is 3.29. The molecule has 0 aliphatic rings. The van der Waals surface area contributed by atoms with E-state index in [0.717, 1.165) is 11.4 Å². The zero-order valence-electron chi connectivity index (χ0n) is 17.3. The maximum atomic E-state index is 13.0. The molecule has 31 heavy (non-hydrogen) atoms. The molecule has 0 spiro atoms. The monoisotopic (exact) mass is 433 g/mol. The van der Waals surface area contributed by atoms with Crippen molar-refractivity contribution >= 4 is 23.2 Å². The van der Waals surface area contributed by atoms with Crippen LogP contribution in [0.25, 0.3) is 11.4 Å². The molecule has 0 unspecified atom stereocenters. The van der Waals surface area contributed by atoms with E-state index in [1.54, 1.807) is 52.7 Å². The van der Waals surface area contributed by atoms with E-state index in [9.17, 15) is 9.59 Å². The van der Waals surface area contributed by atoms with Crippen LogP contribution in [0.2, 0.25) is 5.02 Å². The largest absolute Gasteiger partial charge is 0.319 e. The molecule has 156 valence electrons. The Balaban J connectivity index is 1.72. The van der Waals surface area contributed by atoms with Crippen LogP contribution in [-0.4, -0.2) is 25.5 Å². The minimum absolute atomic E-state index is 0.205. The zero-order valence-corrected chi connectivity index (χ0v) is 18.0. The quantitative estimate of drug-likeness (QED) is 0.521. The summed E-state index contributed by atoms with van der Waals surface area (Å²) in [6, 6.07) is 17.6. The van der Waals surface area contributed by atoms with E-state index in [1.807, 2.05) is 32.0 Å². The number of halogens is 1. The van der Waals surface area contributed by atoms with Crippen LogP contribution in [0, 0.1) is 20.8 Å². The molecule has 1 N–H and O–H groups in total. The number of aryl methyl sites for hydroxylation is 3. The van der Waals surface area contributed by atoms with Gasteiger partial charge in [-0.1, -0.05) is 23.7 Å². The number of para-hydroxylation sites is 2. The molecule has 0 aliphatic heterocycles. The third kappa shape index (κ3) is 4.13. The second-order valence-electron chi connectivity index (χ2n) is 7.20. The Morgan fingerprint density at radius 2 is 1.58 bits per heavy atom. The van der Waals surface area contributed by atoms with Crippen molar-refractivity contribution in [1.82, 2.24) is 19.6 Å². The Morgan fingerprint density at radius 3 is 2.26 bits per heavy atom. The number of nitrogens with zero attached hydrogens (tertiary/aromatic N) is 4. The van der Waals surface area contributed by atoms with Gasteiger partial charge in [-0.05, 0) is 63.2 Å². The Bertz CT molecular complexity index is 1340. The Kier molecular flexibility index (Phi) is 5.44. The molecule has 1 amide bonds. The molecule has 2 aromatic heterocycles. The minimum atomic E-state index is -0.596. The standard InChI is InChI=1S/C23H20ClN5O2/c1-14-12-15(2)29(26-14)20-7-5-4-6-19(20)25-23(31)22-21(30)13-16(3)28(27-22)18-10-8-17(24)9-11-18/h4-13H,1-3H3,(H,25,31). The smallest absolute Gasteiger partial charge is 0.280 e. The summed E-state index contributed by atoms with van der Waals surface area (Å²) in [7, 11) is 0. The van der Waals surface area contributed by atoms with Crippen molar-refractivity contribution in [1.29, 1.82) is 0 Å². The number of carbonyl (C=O) groups excluding carboxylic acids is 1. The molecule has 0 saturated carbocycles. The predicted octanol–water partition coefficient (Wildman–Crippen LogP) is 4.25. The van der Waals surface area contributed by atoms with Gasteiger partial charge < -0.3 is 5.32 Å². The molecule has 4 aromatic rings. The molecule has 0 radical (unpaired) electrons. The second-order valence-corrected chi connectivity index (χ2v) is 7.63. The van der Waals surface area contributed by atoms with Crippen LogP contribution in [0.4, 0.5) is 5.69 Å². The SMILES string of the molecule is Cc1cc(C)n(-c2ccccc2NC(=O)c2nn(-c3ccc(Cl)cc3)c(C)cc2=O)n1. The Labute approximate surface area is 183 Å². The van der Waals surface area contributed by atoms with Crippen LogP contribution in [0.15, 0.2) is 65.5 Å². The highest BCUT2D eigenvalue weighted by Gasteiger charge is 2.18. The van der Waals surface area contributed by atoms with Gasteiger partial charge in [-0.15, -0.1) is 0 Å². The molecule has 4 rings (SSSR count). The molecule has 0 saturated heterocycles. The van der Waals surface area contributed by atoms with E-state index in [0.29, 0.717) is 27.8 Å². The number of hydrogen-bond donors (Lipinski definition) is 1. The van der Waals surface area contributed by atoms with Crippen molar-refractivity contribution in [3.63, 3.8) is 0 Å². The molecule has 2 aromatic carbocycles. The number of amides is 1. The lowest BCUT2D eigenvalue weighted by Crippen LogP contribution is -2.27. The van der Waals surface area contributed by atoms with Gasteiger partial charge in [0.15, 0.2) is 5.69 Å². The van der Waals surface area contributed by atoms with Gasteiger partial charge in [0.2, 0.25) is 5.43 Å². The molecule has 2 heterocycles. The molecule has 8 heteroatoms. The molecule has 0 bridgehead atoms. The number of anilines is 1. The minimum Gasteiger partial charge on any atom is -0.319 e. The normalized spacial score (nSPS) is 10.8. The predicted molar refractivity (Wildman–Crippen MR) is 121 cm³/mol. The van der Waals surface area contributed by atoms with Gasteiger partial charge in [0.05, 0.1) is 22.8 Å². The van der Waals surface area contributed by atoms with E-state index in [1.165, 1.54) is 6.07 Å². The first-order chi connectivity index (χ1) is 14.8. The number of hydrogen-bond acceptors (Lipinski definition) is 4. The van der Waals surface area contributed by atoms with Crippen LogP contribution in [-0.2, 0) is 0 Å². The average Bonchev–Trinajstić information content (AvgIpc) is 3.07. The molecule has 0 atom stereocenters. The van der Waals surface area contributed by atoms with Gasteiger partial charge in [0, 0.05) is 22.5 Å². The first-order valence-electron chi connectivity index (χ1n) is 9.64. The molecule has 0 fully saturated rings. The van der Waals surface area contributed by atoms with Crippen molar-refractivity contribution in [2.24, 2.45) is 0 Å². The summed E-state index contributed by atoms with van der Waals surface area (Å²) in [5, 5.41) is 12.2. The lowest BCUT2D eigenvalue weighted by atomic mass is 10.2. The Morgan fingerprint density at radius 1 is 0.903 bits per heavy atom. The van der Waals surface area contributed by atoms with E-state index >= 15 is 0 Å². The summed E-state index contributed by atoms with van der Waals surface area (Å²) in [5.41, 5.74) is 3.66. The van der Waals surface area contributed by atoms with Crippen LogP contribution < -0.4 is 10.7 Å². The summed E-state index contributed by atoms with van der Waals surface area (Å²) >= 11 is 5.96. The van der Waals surface area contributed by atoms with Crippen LogP contribution in [0.5, 0.6) is 0 Å². The molecule has 0 aliphatic carbocycles. The molecule has 7 nitrogen and oxygen atoms in total.